The van der Waals surface area contributed by atoms with E-state index in [0.29, 0.717) is 24.5 Å². The zero-order chi connectivity index (χ0) is 13.7. The first-order valence-electron chi connectivity index (χ1n) is 6.99. The van der Waals surface area contributed by atoms with Gasteiger partial charge in [0.05, 0.1) is 5.69 Å². The van der Waals surface area contributed by atoms with Crippen LogP contribution in [-0.4, -0.2) is 22.2 Å². The largest absolute Gasteiger partial charge is 0.396 e. The quantitative estimate of drug-likeness (QED) is 0.798. The lowest BCUT2D eigenvalue weighted by Crippen LogP contribution is -2.26. The first kappa shape index (κ1) is 13.6. The fourth-order valence-corrected chi connectivity index (χ4v) is 2.33. The van der Waals surface area contributed by atoms with E-state index in [2.05, 4.69) is 16.5 Å². The lowest BCUT2D eigenvalue weighted by Gasteiger charge is -2.12. The van der Waals surface area contributed by atoms with Gasteiger partial charge in [0, 0.05) is 19.3 Å². The predicted molar refractivity (Wildman–Crippen MR) is 75.8 cm³/mol. The van der Waals surface area contributed by atoms with E-state index in [1.807, 2.05) is 6.92 Å². The number of nitrogens with two attached hydrogens (primary N) is 1. The molecule has 0 saturated heterocycles. The van der Waals surface area contributed by atoms with Crippen LogP contribution in [0, 0.1) is 0 Å². The van der Waals surface area contributed by atoms with Gasteiger partial charge in [-0.3, -0.25) is 9.48 Å². The molecule has 19 heavy (non-hydrogen) atoms. The van der Waals surface area contributed by atoms with Crippen LogP contribution in [0.3, 0.4) is 0 Å². The average molecular weight is 262 g/mol. The zero-order valence-corrected chi connectivity index (χ0v) is 11.5. The summed E-state index contributed by atoms with van der Waals surface area (Å²) >= 11 is 0. The fraction of sp³-hybridized carbons (Fsp3) is 0.571. The van der Waals surface area contributed by atoms with Crippen molar-refractivity contribution in [3.8, 4) is 0 Å². The van der Waals surface area contributed by atoms with E-state index >= 15 is 0 Å². The molecule has 3 N–H and O–H groups in total. The molecule has 0 aliphatic heterocycles. The highest BCUT2D eigenvalue weighted by atomic mass is 16.1. The van der Waals surface area contributed by atoms with E-state index < -0.39 is 0 Å². The van der Waals surface area contributed by atoms with Crippen molar-refractivity contribution in [3.05, 3.63) is 23.5 Å². The Hall–Kier alpha value is -1.78. The highest BCUT2D eigenvalue weighted by molar-refractivity contribution is 5.96. The maximum Gasteiger partial charge on any atom is 0.273 e. The van der Waals surface area contributed by atoms with Crippen molar-refractivity contribution in [3.63, 3.8) is 0 Å². The Morgan fingerprint density at radius 3 is 3.00 bits per heavy atom. The number of rotatable bonds is 5. The van der Waals surface area contributed by atoms with Crippen molar-refractivity contribution < 1.29 is 4.79 Å². The summed E-state index contributed by atoms with van der Waals surface area (Å²) in [6.07, 6.45) is 9.84. The molecule has 0 radical (unpaired) electrons. The number of aryl methyl sites for hydroxylation is 1. The maximum atomic E-state index is 12.0. The van der Waals surface area contributed by atoms with Gasteiger partial charge in [-0.1, -0.05) is 11.6 Å². The molecule has 0 fully saturated rings. The number of nitrogen functional groups attached to an aromatic ring is 1. The summed E-state index contributed by atoms with van der Waals surface area (Å²) in [7, 11) is 0. The molecule has 0 bridgehead atoms. The van der Waals surface area contributed by atoms with Crippen LogP contribution in [0.2, 0.25) is 0 Å². The topological polar surface area (TPSA) is 72.9 Å². The highest BCUT2D eigenvalue weighted by Crippen LogP contribution is 2.19. The first-order valence-corrected chi connectivity index (χ1v) is 6.99. The lowest BCUT2D eigenvalue weighted by molar-refractivity contribution is 0.0949. The number of nitrogens with zero attached hydrogens (tertiary/aromatic N) is 2. The van der Waals surface area contributed by atoms with Crippen molar-refractivity contribution in [1.82, 2.24) is 15.1 Å². The zero-order valence-electron chi connectivity index (χ0n) is 11.5. The molecule has 1 aromatic heterocycles. The normalized spacial score (nSPS) is 15.1. The van der Waals surface area contributed by atoms with Gasteiger partial charge < -0.3 is 11.1 Å². The van der Waals surface area contributed by atoms with Crippen molar-refractivity contribution in [2.75, 3.05) is 12.3 Å². The van der Waals surface area contributed by atoms with Crippen LogP contribution < -0.4 is 11.1 Å². The number of nitrogens with one attached hydrogen (secondary N) is 1. The second kappa shape index (κ2) is 6.41. The maximum absolute atomic E-state index is 12.0. The Balaban J connectivity index is 1.83. The standard InChI is InChI=1S/C14H22N4O/c1-2-18-10-12(15)13(17-18)14(19)16-9-8-11-6-4-3-5-7-11/h6,10H,2-5,7-9,15H2,1H3,(H,16,19). The van der Waals surface area contributed by atoms with Crippen LogP contribution >= 0.6 is 0 Å². The Kier molecular flexibility index (Phi) is 4.60. The number of hydrogen-bond donors (Lipinski definition) is 2. The monoisotopic (exact) mass is 262 g/mol. The molecule has 0 aromatic carbocycles. The molecule has 0 spiro atoms. The predicted octanol–water partition coefficient (Wildman–Crippen LogP) is 2.11. The van der Waals surface area contributed by atoms with Gasteiger partial charge in [-0.05, 0) is 39.0 Å². The second-order valence-electron chi connectivity index (χ2n) is 4.90. The molecule has 5 heteroatoms. The summed E-state index contributed by atoms with van der Waals surface area (Å²) in [5, 5.41) is 7.05. The third-order valence-electron chi connectivity index (χ3n) is 3.45. The molecule has 1 heterocycles. The second-order valence-corrected chi connectivity index (χ2v) is 4.90. The minimum absolute atomic E-state index is 0.180. The van der Waals surface area contributed by atoms with Crippen molar-refractivity contribution in [2.24, 2.45) is 0 Å². The van der Waals surface area contributed by atoms with Gasteiger partial charge in [0.15, 0.2) is 5.69 Å². The Morgan fingerprint density at radius 2 is 2.37 bits per heavy atom. The highest BCUT2D eigenvalue weighted by Gasteiger charge is 2.14. The number of carbonyl (C=O) groups is 1. The molecule has 5 nitrogen and oxygen atoms in total. The lowest BCUT2D eigenvalue weighted by atomic mass is 9.97. The minimum Gasteiger partial charge on any atom is -0.396 e. The van der Waals surface area contributed by atoms with Gasteiger partial charge in [0.1, 0.15) is 0 Å². The number of anilines is 1. The summed E-state index contributed by atoms with van der Waals surface area (Å²) in [5.74, 6) is -0.180. The molecule has 1 aromatic rings. The van der Waals surface area contributed by atoms with E-state index in [1.165, 1.54) is 31.3 Å². The number of carbonyl (C=O) groups excluding carboxylic acids is 1. The summed E-state index contributed by atoms with van der Waals surface area (Å²) in [6, 6.07) is 0. The van der Waals surface area contributed by atoms with Crippen molar-refractivity contribution in [2.45, 2.75) is 45.6 Å². The molecule has 104 valence electrons. The van der Waals surface area contributed by atoms with Crippen molar-refractivity contribution >= 4 is 11.6 Å². The van der Waals surface area contributed by atoms with E-state index in [4.69, 9.17) is 5.73 Å². The number of aromatic nitrogens is 2. The SMILES string of the molecule is CCn1cc(N)c(C(=O)NCCC2=CCCCC2)n1. The summed E-state index contributed by atoms with van der Waals surface area (Å²) in [4.78, 5) is 12.0. The Bertz CT molecular complexity index is 476. The number of allylic oxidation sites excluding steroid dienone is 1. The van der Waals surface area contributed by atoms with E-state index in [9.17, 15) is 4.79 Å². The van der Waals surface area contributed by atoms with Crippen LogP contribution in [0.1, 0.15) is 49.5 Å². The minimum atomic E-state index is -0.180. The third kappa shape index (κ3) is 3.59. The van der Waals surface area contributed by atoms with Gasteiger partial charge in [0.25, 0.3) is 5.91 Å². The summed E-state index contributed by atoms with van der Waals surface area (Å²) < 4.78 is 1.67. The molecular formula is C14H22N4O. The Morgan fingerprint density at radius 1 is 1.53 bits per heavy atom. The molecule has 2 rings (SSSR count). The van der Waals surface area contributed by atoms with E-state index in [-0.39, 0.29) is 5.91 Å². The van der Waals surface area contributed by atoms with Crippen molar-refractivity contribution in [1.29, 1.82) is 0 Å². The summed E-state index contributed by atoms with van der Waals surface area (Å²) in [6.45, 7) is 3.33. The number of hydrogen-bond acceptors (Lipinski definition) is 3. The van der Waals surface area contributed by atoms with Crippen LogP contribution in [0.25, 0.3) is 0 Å². The van der Waals surface area contributed by atoms with Crippen LogP contribution in [0.4, 0.5) is 5.69 Å². The molecule has 0 saturated carbocycles. The number of amides is 1. The molecule has 0 atom stereocenters. The third-order valence-corrected chi connectivity index (χ3v) is 3.45. The fourth-order valence-electron chi connectivity index (χ4n) is 2.33. The van der Waals surface area contributed by atoms with E-state index in [0.717, 1.165) is 6.42 Å². The van der Waals surface area contributed by atoms with Crippen LogP contribution in [-0.2, 0) is 6.54 Å². The van der Waals surface area contributed by atoms with Crippen LogP contribution in [0.15, 0.2) is 17.8 Å². The molecular weight excluding hydrogens is 240 g/mol. The van der Waals surface area contributed by atoms with Gasteiger partial charge in [-0.15, -0.1) is 0 Å². The van der Waals surface area contributed by atoms with E-state index in [1.54, 1.807) is 10.9 Å². The van der Waals surface area contributed by atoms with Crippen LogP contribution in [0.5, 0.6) is 0 Å². The summed E-state index contributed by atoms with van der Waals surface area (Å²) in [5.41, 5.74) is 8.01. The Labute approximate surface area is 113 Å². The van der Waals surface area contributed by atoms with Gasteiger partial charge >= 0.3 is 0 Å². The molecule has 1 amide bonds. The smallest absolute Gasteiger partial charge is 0.273 e. The van der Waals surface area contributed by atoms with Gasteiger partial charge in [0.2, 0.25) is 0 Å². The first-order chi connectivity index (χ1) is 9.20. The molecule has 0 unspecified atom stereocenters. The molecule has 1 aliphatic rings. The average Bonchev–Trinajstić information content (AvgIpc) is 2.81. The van der Waals surface area contributed by atoms with Gasteiger partial charge in [-0.25, -0.2) is 0 Å². The van der Waals surface area contributed by atoms with Gasteiger partial charge in [-0.2, -0.15) is 5.10 Å². The molecule has 1 aliphatic carbocycles.